The number of likely N-dealkylation sites (tertiary alicyclic amines) is 1. The lowest BCUT2D eigenvalue weighted by atomic mass is 9.94. The summed E-state index contributed by atoms with van der Waals surface area (Å²) in [6.45, 7) is 5.76. The summed E-state index contributed by atoms with van der Waals surface area (Å²) in [5.74, 6) is 0.752. The van der Waals surface area contributed by atoms with Crippen molar-refractivity contribution < 1.29 is 0 Å². The Bertz CT molecular complexity index is 281. The van der Waals surface area contributed by atoms with Gasteiger partial charge in [0.25, 0.3) is 0 Å². The predicted octanol–water partition coefficient (Wildman–Crippen LogP) is 1.44. The number of hydrogen-bond acceptors (Lipinski definition) is 2. The number of nitrogens with zero attached hydrogens (tertiary/aromatic N) is 1. The molecule has 1 aliphatic heterocycles. The lowest BCUT2D eigenvalue weighted by Crippen LogP contribution is -2.46. The van der Waals surface area contributed by atoms with Crippen LogP contribution in [0.25, 0.3) is 0 Å². The second kappa shape index (κ2) is 4.81. The number of piperidine rings is 1. The molecule has 1 aromatic rings. The van der Waals surface area contributed by atoms with Crippen molar-refractivity contribution in [1.29, 1.82) is 0 Å². The molecular weight excluding hydrogens is 186 g/mol. The molecule has 2 unspecified atom stereocenters. The summed E-state index contributed by atoms with van der Waals surface area (Å²) in [7, 11) is 2.21. The van der Waals surface area contributed by atoms with Crippen molar-refractivity contribution in [2.75, 3.05) is 20.1 Å². The minimum absolute atomic E-state index is 0.677. The zero-order valence-corrected chi connectivity index (χ0v) is 9.66. The van der Waals surface area contributed by atoms with E-state index in [0.717, 1.165) is 12.5 Å². The van der Waals surface area contributed by atoms with Gasteiger partial charge >= 0.3 is 0 Å². The predicted molar refractivity (Wildman–Crippen MR) is 62.7 cm³/mol. The van der Waals surface area contributed by atoms with E-state index < -0.39 is 0 Å². The maximum absolute atomic E-state index is 3.65. The number of H-pyrrole nitrogens is 1. The smallest absolute Gasteiger partial charge is 0.0223 e. The van der Waals surface area contributed by atoms with Gasteiger partial charge in [0.1, 0.15) is 0 Å². The Labute approximate surface area is 91.9 Å². The molecule has 1 fully saturated rings. The lowest BCUT2D eigenvalue weighted by Gasteiger charge is -2.35. The zero-order chi connectivity index (χ0) is 10.7. The van der Waals surface area contributed by atoms with Gasteiger partial charge in [-0.15, -0.1) is 0 Å². The van der Waals surface area contributed by atoms with Gasteiger partial charge in [0.05, 0.1) is 0 Å². The Morgan fingerprint density at radius 1 is 1.60 bits per heavy atom. The Hall–Kier alpha value is -0.800. The Morgan fingerprint density at radius 2 is 2.47 bits per heavy atom. The van der Waals surface area contributed by atoms with E-state index in [1.807, 2.05) is 6.20 Å². The van der Waals surface area contributed by atoms with E-state index in [-0.39, 0.29) is 0 Å². The second-order valence-corrected chi connectivity index (χ2v) is 4.73. The van der Waals surface area contributed by atoms with Crippen LogP contribution in [0, 0.1) is 5.92 Å². The highest BCUT2D eigenvalue weighted by Gasteiger charge is 2.23. The molecule has 1 aliphatic rings. The van der Waals surface area contributed by atoms with Crippen molar-refractivity contribution in [3.63, 3.8) is 0 Å². The minimum Gasteiger partial charge on any atom is -0.367 e. The molecule has 2 N–H and O–H groups in total. The molecule has 0 aromatic carbocycles. The van der Waals surface area contributed by atoms with Crippen LogP contribution in [0.4, 0.5) is 0 Å². The van der Waals surface area contributed by atoms with E-state index >= 15 is 0 Å². The van der Waals surface area contributed by atoms with Crippen LogP contribution in [0.3, 0.4) is 0 Å². The first-order valence-electron chi connectivity index (χ1n) is 5.79. The molecule has 84 valence electrons. The van der Waals surface area contributed by atoms with Gasteiger partial charge in [-0.05, 0) is 37.6 Å². The molecule has 0 bridgehead atoms. The fourth-order valence-electron chi connectivity index (χ4n) is 2.37. The third kappa shape index (κ3) is 2.83. The molecule has 3 heteroatoms. The van der Waals surface area contributed by atoms with Crippen LogP contribution >= 0.6 is 0 Å². The molecule has 0 saturated carbocycles. The van der Waals surface area contributed by atoms with Gasteiger partial charge in [-0.1, -0.05) is 6.92 Å². The van der Waals surface area contributed by atoms with Gasteiger partial charge in [-0.3, -0.25) is 0 Å². The van der Waals surface area contributed by atoms with Crippen LogP contribution in [0.1, 0.15) is 18.9 Å². The largest absolute Gasteiger partial charge is 0.367 e. The highest BCUT2D eigenvalue weighted by molar-refractivity contribution is 5.08. The molecule has 2 rings (SSSR count). The van der Waals surface area contributed by atoms with Crippen molar-refractivity contribution in [1.82, 2.24) is 15.2 Å². The maximum atomic E-state index is 3.65. The summed E-state index contributed by atoms with van der Waals surface area (Å²) in [6, 6.07) is 2.81. The van der Waals surface area contributed by atoms with E-state index in [4.69, 9.17) is 0 Å². The van der Waals surface area contributed by atoms with Crippen molar-refractivity contribution in [3.8, 4) is 0 Å². The summed E-state index contributed by atoms with van der Waals surface area (Å²) >= 11 is 0. The quantitative estimate of drug-likeness (QED) is 0.786. The highest BCUT2D eigenvalue weighted by atomic mass is 15.1. The topological polar surface area (TPSA) is 31.1 Å². The van der Waals surface area contributed by atoms with E-state index in [1.54, 1.807) is 0 Å². The van der Waals surface area contributed by atoms with Crippen LogP contribution in [0.15, 0.2) is 18.5 Å². The molecule has 0 radical (unpaired) electrons. The number of aromatic nitrogens is 1. The molecule has 0 amide bonds. The van der Waals surface area contributed by atoms with Crippen LogP contribution in [-0.4, -0.2) is 36.1 Å². The number of hydrogen-bond donors (Lipinski definition) is 2. The molecule has 15 heavy (non-hydrogen) atoms. The maximum Gasteiger partial charge on any atom is 0.0223 e. The summed E-state index contributed by atoms with van der Waals surface area (Å²) < 4.78 is 0. The summed E-state index contributed by atoms with van der Waals surface area (Å²) in [6.07, 6.45) is 5.31. The molecule has 3 nitrogen and oxygen atoms in total. The molecule has 1 aromatic heterocycles. The van der Waals surface area contributed by atoms with E-state index in [0.29, 0.717) is 6.04 Å². The van der Waals surface area contributed by atoms with Crippen molar-refractivity contribution in [3.05, 3.63) is 24.0 Å². The van der Waals surface area contributed by atoms with Gasteiger partial charge in [0.15, 0.2) is 0 Å². The SMILES string of the molecule is CC1CN(C)CCC1NCc1cc[nH]c1. The fourth-order valence-corrected chi connectivity index (χ4v) is 2.37. The Kier molecular flexibility index (Phi) is 3.44. The molecule has 1 saturated heterocycles. The third-order valence-electron chi connectivity index (χ3n) is 3.34. The second-order valence-electron chi connectivity index (χ2n) is 4.73. The summed E-state index contributed by atoms with van der Waals surface area (Å²) in [5, 5.41) is 3.65. The first-order valence-corrected chi connectivity index (χ1v) is 5.79. The molecular formula is C12H21N3. The van der Waals surface area contributed by atoms with Crippen LogP contribution < -0.4 is 5.32 Å². The average Bonchev–Trinajstić information content (AvgIpc) is 2.69. The van der Waals surface area contributed by atoms with Crippen LogP contribution in [0.2, 0.25) is 0 Å². The van der Waals surface area contributed by atoms with Crippen LogP contribution in [0.5, 0.6) is 0 Å². The summed E-state index contributed by atoms with van der Waals surface area (Å²) in [4.78, 5) is 5.50. The molecule has 0 aliphatic carbocycles. The highest BCUT2D eigenvalue weighted by Crippen LogP contribution is 2.15. The van der Waals surface area contributed by atoms with Crippen molar-refractivity contribution in [2.24, 2.45) is 5.92 Å². The number of nitrogens with one attached hydrogen (secondary N) is 2. The van der Waals surface area contributed by atoms with E-state index in [9.17, 15) is 0 Å². The first kappa shape index (κ1) is 10.7. The molecule has 2 atom stereocenters. The first-order chi connectivity index (χ1) is 7.25. The third-order valence-corrected chi connectivity index (χ3v) is 3.34. The van der Waals surface area contributed by atoms with Crippen molar-refractivity contribution in [2.45, 2.75) is 25.9 Å². The van der Waals surface area contributed by atoms with Gasteiger partial charge in [-0.2, -0.15) is 0 Å². The summed E-state index contributed by atoms with van der Waals surface area (Å²) in [5.41, 5.74) is 1.35. The minimum atomic E-state index is 0.677. The van der Waals surface area contributed by atoms with Crippen LogP contribution in [-0.2, 0) is 6.54 Å². The molecule has 0 spiro atoms. The fraction of sp³-hybridized carbons (Fsp3) is 0.667. The zero-order valence-electron chi connectivity index (χ0n) is 9.66. The lowest BCUT2D eigenvalue weighted by molar-refractivity contribution is 0.174. The Balaban J connectivity index is 1.79. The Morgan fingerprint density at radius 3 is 3.13 bits per heavy atom. The van der Waals surface area contributed by atoms with Gasteiger partial charge in [0, 0.05) is 31.5 Å². The van der Waals surface area contributed by atoms with Gasteiger partial charge in [0.2, 0.25) is 0 Å². The average molecular weight is 207 g/mol. The standard InChI is InChI=1S/C12H21N3/c1-10-9-15(2)6-4-12(10)14-8-11-3-5-13-7-11/h3,5,7,10,12-14H,4,6,8-9H2,1-2H3. The molecule has 2 heterocycles. The van der Waals surface area contributed by atoms with E-state index in [1.165, 1.54) is 25.1 Å². The number of aromatic amines is 1. The van der Waals surface area contributed by atoms with Crippen molar-refractivity contribution >= 4 is 0 Å². The van der Waals surface area contributed by atoms with Gasteiger partial charge < -0.3 is 15.2 Å². The normalized spacial score (nSPS) is 28.1. The van der Waals surface area contributed by atoms with E-state index in [2.05, 4.69) is 41.4 Å². The number of rotatable bonds is 3. The van der Waals surface area contributed by atoms with Gasteiger partial charge in [-0.25, -0.2) is 0 Å². The monoisotopic (exact) mass is 207 g/mol.